The molecule has 0 N–H and O–H groups in total. The van der Waals surface area contributed by atoms with E-state index < -0.39 is 6.10 Å². The average Bonchev–Trinajstić information content (AvgIpc) is 2.03. The summed E-state index contributed by atoms with van der Waals surface area (Å²) in [4.78, 5) is 12.9. The molecule has 0 aromatic carbocycles. The molecular weight excluding hydrogens is 154 g/mol. The minimum absolute atomic E-state index is 0.265. The van der Waals surface area contributed by atoms with Crippen LogP contribution < -0.4 is 0 Å². The predicted molar refractivity (Wildman–Crippen MR) is 47.3 cm³/mol. The second kappa shape index (κ2) is 6.00. The number of carbonyl (C=O) groups is 1. The van der Waals surface area contributed by atoms with E-state index in [1.165, 1.54) is 6.92 Å². The van der Waals surface area contributed by atoms with Crippen molar-refractivity contribution in [2.45, 2.75) is 39.7 Å². The van der Waals surface area contributed by atoms with Crippen LogP contribution in [0.15, 0.2) is 0 Å². The van der Waals surface area contributed by atoms with Gasteiger partial charge in [-0.15, -0.1) is 0 Å². The van der Waals surface area contributed by atoms with E-state index in [9.17, 15) is 9.90 Å². The maximum absolute atomic E-state index is 11.2. The molecule has 0 bridgehead atoms. The molecule has 0 aliphatic heterocycles. The molecule has 0 heterocycles. The molecule has 71 valence electrons. The maximum Gasteiger partial charge on any atom is 0.254 e. The second-order valence-electron chi connectivity index (χ2n) is 2.97. The lowest BCUT2D eigenvalue weighted by Crippen LogP contribution is -2.38. The Morgan fingerprint density at radius 1 is 1.25 bits per heavy atom. The van der Waals surface area contributed by atoms with Gasteiger partial charge in [-0.05, 0) is 19.8 Å². The Kier molecular flexibility index (Phi) is 5.72. The molecule has 3 heteroatoms. The van der Waals surface area contributed by atoms with Crippen LogP contribution in [0.3, 0.4) is 0 Å². The molecular formula is C9H18NO2. The van der Waals surface area contributed by atoms with Gasteiger partial charge in [0.05, 0.1) is 0 Å². The molecule has 0 aliphatic rings. The van der Waals surface area contributed by atoms with E-state index in [1.807, 2.05) is 13.8 Å². The highest BCUT2D eigenvalue weighted by atomic mass is 16.3. The van der Waals surface area contributed by atoms with Crippen LogP contribution in [0.25, 0.3) is 0 Å². The molecule has 0 fully saturated rings. The van der Waals surface area contributed by atoms with Gasteiger partial charge in [0.2, 0.25) is 0 Å². The second-order valence-corrected chi connectivity index (χ2v) is 2.97. The predicted octanol–water partition coefficient (Wildman–Crippen LogP) is 1.45. The normalized spacial score (nSPS) is 12.7. The first-order valence-corrected chi connectivity index (χ1v) is 4.58. The van der Waals surface area contributed by atoms with Gasteiger partial charge in [-0.25, -0.2) is 5.11 Å². The van der Waals surface area contributed by atoms with Gasteiger partial charge >= 0.3 is 0 Å². The summed E-state index contributed by atoms with van der Waals surface area (Å²) in [5.74, 6) is -0.265. The molecule has 0 saturated carbocycles. The van der Waals surface area contributed by atoms with Crippen LogP contribution in [0.4, 0.5) is 0 Å². The number of amides is 1. The smallest absolute Gasteiger partial charge is 0.254 e. The molecule has 0 aliphatic carbocycles. The molecule has 3 nitrogen and oxygen atoms in total. The van der Waals surface area contributed by atoms with Crippen molar-refractivity contribution >= 4 is 5.91 Å². The van der Waals surface area contributed by atoms with Gasteiger partial charge in [0.15, 0.2) is 6.10 Å². The lowest BCUT2D eigenvalue weighted by Gasteiger charge is -2.21. The fourth-order valence-electron chi connectivity index (χ4n) is 1.13. The van der Waals surface area contributed by atoms with Gasteiger partial charge in [0.1, 0.15) is 0 Å². The number of hydrogen-bond acceptors (Lipinski definition) is 1. The zero-order valence-corrected chi connectivity index (χ0v) is 8.17. The monoisotopic (exact) mass is 172 g/mol. The standard InChI is InChI=1S/C9H18NO2/c1-4-6-10(7-5-2)9(12)8(3)11/h8H,4-7H2,1-3H3. The van der Waals surface area contributed by atoms with E-state index >= 15 is 0 Å². The summed E-state index contributed by atoms with van der Waals surface area (Å²) >= 11 is 0. The summed E-state index contributed by atoms with van der Waals surface area (Å²) in [6.45, 7) is 6.83. The van der Waals surface area contributed by atoms with E-state index in [1.54, 1.807) is 4.90 Å². The zero-order valence-electron chi connectivity index (χ0n) is 8.17. The van der Waals surface area contributed by atoms with E-state index in [4.69, 9.17) is 0 Å². The Bertz CT molecular complexity index is 128. The molecule has 1 unspecified atom stereocenters. The van der Waals surface area contributed by atoms with Gasteiger partial charge in [-0.3, -0.25) is 4.79 Å². The zero-order chi connectivity index (χ0) is 9.56. The molecule has 1 radical (unpaired) electrons. The van der Waals surface area contributed by atoms with E-state index in [0.717, 1.165) is 12.8 Å². The largest absolute Gasteiger partial charge is 0.340 e. The minimum atomic E-state index is -1.11. The fourth-order valence-corrected chi connectivity index (χ4v) is 1.13. The van der Waals surface area contributed by atoms with Crippen LogP contribution >= 0.6 is 0 Å². The summed E-state index contributed by atoms with van der Waals surface area (Å²) in [6.07, 6.45) is 0.722. The highest BCUT2D eigenvalue weighted by Crippen LogP contribution is 1.98. The Balaban J connectivity index is 3.99. The third-order valence-electron chi connectivity index (χ3n) is 1.65. The third-order valence-corrected chi connectivity index (χ3v) is 1.65. The number of carbonyl (C=O) groups excluding carboxylic acids is 1. The highest BCUT2D eigenvalue weighted by Gasteiger charge is 2.17. The van der Waals surface area contributed by atoms with Crippen LogP contribution in [0.2, 0.25) is 0 Å². The summed E-state index contributed by atoms with van der Waals surface area (Å²) in [5.41, 5.74) is 0. The first kappa shape index (κ1) is 11.4. The van der Waals surface area contributed by atoms with Crippen molar-refractivity contribution in [1.82, 2.24) is 4.90 Å². The van der Waals surface area contributed by atoms with Crippen molar-refractivity contribution < 1.29 is 9.90 Å². The summed E-state index contributed by atoms with van der Waals surface area (Å²) in [7, 11) is 0. The molecule has 0 aromatic rings. The third kappa shape index (κ3) is 3.72. The van der Waals surface area contributed by atoms with Crippen LogP contribution in [0, 0.1) is 0 Å². The van der Waals surface area contributed by atoms with Gasteiger partial charge in [-0.2, -0.15) is 0 Å². The number of hydrogen-bond donors (Lipinski definition) is 0. The topological polar surface area (TPSA) is 40.2 Å². The van der Waals surface area contributed by atoms with Crippen LogP contribution in [0.5, 0.6) is 0 Å². The van der Waals surface area contributed by atoms with Gasteiger partial charge in [0.25, 0.3) is 5.91 Å². The van der Waals surface area contributed by atoms with Crippen LogP contribution in [0.1, 0.15) is 33.6 Å². The lowest BCUT2D eigenvalue weighted by molar-refractivity contribution is -0.142. The molecule has 1 atom stereocenters. The van der Waals surface area contributed by atoms with Gasteiger partial charge in [0, 0.05) is 13.1 Å². The van der Waals surface area contributed by atoms with Crippen molar-refractivity contribution in [3.8, 4) is 0 Å². The Hall–Kier alpha value is -0.570. The van der Waals surface area contributed by atoms with Crippen molar-refractivity contribution in [2.24, 2.45) is 0 Å². The Morgan fingerprint density at radius 3 is 1.92 bits per heavy atom. The van der Waals surface area contributed by atoms with Crippen LogP contribution in [-0.2, 0) is 9.90 Å². The lowest BCUT2D eigenvalue weighted by atomic mass is 10.3. The van der Waals surface area contributed by atoms with Crippen molar-refractivity contribution in [2.75, 3.05) is 13.1 Å². The molecule has 0 saturated heterocycles. The first-order valence-electron chi connectivity index (χ1n) is 4.58. The summed E-state index contributed by atoms with van der Waals surface area (Å²) in [5, 5.41) is 10.8. The Labute approximate surface area is 74.4 Å². The molecule has 12 heavy (non-hydrogen) atoms. The van der Waals surface area contributed by atoms with Gasteiger partial charge < -0.3 is 4.90 Å². The summed E-state index contributed by atoms with van der Waals surface area (Å²) in [6, 6.07) is 0. The van der Waals surface area contributed by atoms with E-state index in [2.05, 4.69) is 0 Å². The minimum Gasteiger partial charge on any atom is -0.340 e. The highest BCUT2D eigenvalue weighted by molar-refractivity contribution is 5.80. The van der Waals surface area contributed by atoms with Gasteiger partial charge in [-0.1, -0.05) is 13.8 Å². The average molecular weight is 172 g/mol. The maximum atomic E-state index is 11.2. The quantitative estimate of drug-likeness (QED) is 0.618. The first-order chi connectivity index (χ1) is 5.63. The van der Waals surface area contributed by atoms with Crippen molar-refractivity contribution in [3.63, 3.8) is 0 Å². The number of nitrogens with zero attached hydrogens (tertiary/aromatic N) is 1. The van der Waals surface area contributed by atoms with E-state index in [0.29, 0.717) is 13.1 Å². The van der Waals surface area contributed by atoms with Crippen LogP contribution in [-0.4, -0.2) is 30.0 Å². The van der Waals surface area contributed by atoms with Crippen molar-refractivity contribution in [3.05, 3.63) is 0 Å². The fraction of sp³-hybridized carbons (Fsp3) is 0.889. The van der Waals surface area contributed by atoms with E-state index in [-0.39, 0.29) is 5.91 Å². The molecule has 0 aromatic heterocycles. The van der Waals surface area contributed by atoms with Crippen molar-refractivity contribution in [1.29, 1.82) is 0 Å². The molecule has 0 spiro atoms. The Morgan fingerprint density at radius 2 is 1.67 bits per heavy atom. The summed E-state index contributed by atoms with van der Waals surface area (Å²) < 4.78 is 0. The SMILES string of the molecule is CCCN(CCC)C(=O)C(C)[O]. The number of rotatable bonds is 5. The molecule has 0 rings (SSSR count). The molecule has 1 amide bonds.